The number of allylic oxidation sites excluding steroid dienone is 1. The van der Waals surface area contributed by atoms with Crippen molar-refractivity contribution in [3.05, 3.63) is 24.3 Å². The molecule has 0 saturated carbocycles. The second-order valence-electron chi connectivity index (χ2n) is 2.70. The van der Waals surface area contributed by atoms with Crippen LogP contribution in [0.5, 0.6) is 0 Å². The topological polar surface area (TPSA) is 35.5 Å². The highest BCUT2D eigenvalue weighted by molar-refractivity contribution is 5.84. The minimum atomic E-state index is -0.470. The first-order valence-corrected chi connectivity index (χ1v) is 4.48. The molecule has 72 valence electrons. The Kier molecular flexibility index (Phi) is 4.26. The molecule has 1 heterocycles. The molecule has 1 rings (SSSR count). The van der Waals surface area contributed by atoms with Crippen molar-refractivity contribution < 1.29 is 14.3 Å². The summed E-state index contributed by atoms with van der Waals surface area (Å²) in [5.41, 5.74) is 0. The van der Waals surface area contributed by atoms with Gasteiger partial charge in [-0.25, -0.2) is 4.79 Å². The average Bonchev–Trinajstić information content (AvgIpc) is 2.51. The van der Waals surface area contributed by atoms with Gasteiger partial charge in [0.05, 0.1) is 6.61 Å². The molecule has 3 nitrogen and oxygen atoms in total. The number of carbonyl (C=O) groups is 1. The summed E-state index contributed by atoms with van der Waals surface area (Å²) in [6, 6.07) is 0. The van der Waals surface area contributed by atoms with E-state index in [0.717, 1.165) is 12.8 Å². The first kappa shape index (κ1) is 9.99. The Morgan fingerprint density at radius 2 is 2.46 bits per heavy atom. The zero-order valence-corrected chi connectivity index (χ0v) is 7.73. The molecule has 0 aromatic rings. The number of hydrogen-bond donors (Lipinski definition) is 0. The van der Waals surface area contributed by atoms with Gasteiger partial charge in [-0.05, 0) is 18.9 Å². The lowest BCUT2D eigenvalue weighted by Gasteiger charge is -2.07. The Balaban J connectivity index is 2.04. The SMILES string of the molecule is CC/C=C\CCOC1C=CC(=O)O1. The fraction of sp³-hybridized carbons (Fsp3) is 0.500. The van der Waals surface area contributed by atoms with Crippen LogP contribution in [0.4, 0.5) is 0 Å². The average molecular weight is 182 g/mol. The van der Waals surface area contributed by atoms with E-state index in [4.69, 9.17) is 9.47 Å². The largest absolute Gasteiger partial charge is 0.429 e. The van der Waals surface area contributed by atoms with Crippen molar-refractivity contribution in [3.63, 3.8) is 0 Å². The van der Waals surface area contributed by atoms with Crippen LogP contribution in [0.1, 0.15) is 19.8 Å². The van der Waals surface area contributed by atoms with Gasteiger partial charge in [0.1, 0.15) is 0 Å². The highest BCUT2D eigenvalue weighted by Gasteiger charge is 2.15. The molecule has 0 N–H and O–H groups in total. The number of cyclic esters (lactones) is 1. The fourth-order valence-corrected chi connectivity index (χ4v) is 0.977. The third-order valence-electron chi connectivity index (χ3n) is 1.59. The van der Waals surface area contributed by atoms with Gasteiger partial charge in [0, 0.05) is 6.08 Å². The van der Waals surface area contributed by atoms with E-state index in [1.54, 1.807) is 6.08 Å². The summed E-state index contributed by atoms with van der Waals surface area (Å²) >= 11 is 0. The van der Waals surface area contributed by atoms with Gasteiger partial charge in [0.15, 0.2) is 0 Å². The van der Waals surface area contributed by atoms with Crippen LogP contribution in [0.15, 0.2) is 24.3 Å². The molecular formula is C10H14O3. The molecule has 0 fully saturated rings. The lowest BCUT2D eigenvalue weighted by atomic mass is 10.3. The first-order chi connectivity index (χ1) is 6.33. The third-order valence-corrected chi connectivity index (χ3v) is 1.59. The fourth-order valence-electron chi connectivity index (χ4n) is 0.977. The summed E-state index contributed by atoms with van der Waals surface area (Å²) < 4.78 is 10.0. The van der Waals surface area contributed by atoms with Crippen LogP contribution in [0.2, 0.25) is 0 Å². The molecule has 0 aromatic carbocycles. The van der Waals surface area contributed by atoms with Crippen molar-refractivity contribution in [1.29, 1.82) is 0 Å². The van der Waals surface area contributed by atoms with Gasteiger partial charge in [-0.2, -0.15) is 0 Å². The summed E-state index contributed by atoms with van der Waals surface area (Å²) in [4.78, 5) is 10.6. The molecule has 3 heteroatoms. The van der Waals surface area contributed by atoms with Gasteiger partial charge in [-0.3, -0.25) is 0 Å². The van der Waals surface area contributed by atoms with E-state index in [1.807, 2.05) is 0 Å². The molecule has 0 amide bonds. The Hall–Kier alpha value is -1.09. The van der Waals surface area contributed by atoms with Crippen LogP contribution in [-0.2, 0) is 14.3 Å². The zero-order valence-electron chi connectivity index (χ0n) is 7.73. The number of carbonyl (C=O) groups excluding carboxylic acids is 1. The number of esters is 1. The van der Waals surface area contributed by atoms with E-state index in [0.29, 0.717) is 6.61 Å². The monoisotopic (exact) mass is 182 g/mol. The molecule has 1 atom stereocenters. The summed E-state index contributed by atoms with van der Waals surface area (Å²) in [6.07, 6.45) is 8.56. The molecule has 0 bridgehead atoms. The van der Waals surface area contributed by atoms with Crippen LogP contribution in [0.3, 0.4) is 0 Å². The molecule has 0 saturated heterocycles. The van der Waals surface area contributed by atoms with Crippen LogP contribution >= 0.6 is 0 Å². The van der Waals surface area contributed by atoms with Crippen LogP contribution < -0.4 is 0 Å². The molecule has 1 aliphatic rings. The van der Waals surface area contributed by atoms with Gasteiger partial charge in [-0.1, -0.05) is 19.1 Å². The minimum Gasteiger partial charge on any atom is -0.429 e. The van der Waals surface area contributed by atoms with Crippen molar-refractivity contribution in [2.45, 2.75) is 26.1 Å². The molecule has 0 aromatic heterocycles. The Labute approximate surface area is 78.0 Å². The van der Waals surface area contributed by atoms with Crippen LogP contribution in [0, 0.1) is 0 Å². The summed E-state index contributed by atoms with van der Waals surface area (Å²) in [5, 5.41) is 0. The van der Waals surface area contributed by atoms with Gasteiger partial charge >= 0.3 is 5.97 Å². The maximum atomic E-state index is 10.6. The summed E-state index contributed by atoms with van der Waals surface area (Å²) in [7, 11) is 0. The highest BCUT2D eigenvalue weighted by Crippen LogP contribution is 2.06. The van der Waals surface area contributed by atoms with E-state index in [9.17, 15) is 4.79 Å². The predicted octanol–water partition coefficient (Wildman–Crippen LogP) is 1.80. The van der Waals surface area contributed by atoms with Crippen molar-refractivity contribution in [1.82, 2.24) is 0 Å². The van der Waals surface area contributed by atoms with Crippen LogP contribution in [0.25, 0.3) is 0 Å². The maximum Gasteiger partial charge on any atom is 0.333 e. The molecule has 0 spiro atoms. The van der Waals surface area contributed by atoms with Crippen molar-refractivity contribution in [2.75, 3.05) is 6.61 Å². The standard InChI is InChI=1S/C10H14O3/c1-2-3-4-5-8-12-10-7-6-9(11)13-10/h3-4,6-7,10H,2,5,8H2,1H3/b4-3-. The lowest BCUT2D eigenvalue weighted by Crippen LogP contribution is -2.12. The third kappa shape index (κ3) is 3.90. The quantitative estimate of drug-likeness (QED) is 0.369. The van der Waals surface area contributed by atoms with Gasteiger partial charge < -0.3 is 9.47 Å². The van der Waals surface area contributed by atoms with Gasteiger partial charge in [-0.15, -0.1) is 0 Å². The normalized spacial score (nSPS) is 21.3. The second kappa shape index (κ2) is 5.54. The smallest absolute Gasteiger partial charge is 0.333 e. The highest BCUT2D eigenvalue weighted by atomic mass is 16.7. The van der Waals surface area contributed by atoms with Gasteiger partial charge in [0.2, 0.25) is 6.29 Å². The van der Waals surface area contributed by atoms with E-state index in [-0.39, 0.29) is 5.97 Å². The first-order valence-electron chi connectivity index (χ1n) is 4.48. The zero-order chi connectivity index (χ0) is 9.52. The van der Waals surface area contributed by atoms with E-state index in [1.165, 1.54) is 6.08 Å². The maximum absolute atomic E-state index is 10.6. The van der Waals surface area contributed by atoms with E-state index >= 15 is 0 Å². The Bertz CT molecular complexity index is 218. The minimum absolute atomic E-state index is 0.325. The number of rotatable bonds is 5. The molecule has 0 radical (unpaired) electrons. The molecule has 13 heavy (non-hydrogen) atoms. The Morgan fingerprint density at radius 1 is 1.62 bits per heavy atom. The van der Waals surface area contributed by atoms with Crippen molar-refractivity contribution in [3.8, 4) is 0 Å². The number of hydrogen-bond acceptors (Lipinski definition) is 3. The van der Waals surface area contributed by atoms with Crippen molar-refractivity contribution in [2.24, 2.45) is 0 Å². The molecule has 0 aliphatic carbocycles. The van der Waals surface area contributed by atoms with Crippen molar-refractivity contribution >= 4 is 5.97 Å². The van der Waals surface area contributed by atoms with E-state index in [2.05, 4.69) is 19.1 Å². The second-order valence-corrected chi connectivity index (χ2v) is 2.70. The molecular weight excluding hydrogens is 168 g/mol. The Morgan fingerprint density at radius 3 is 3.08 bits per heavy atom. The lowest BCUT2D eigenvalue weighted by molar-refractivity contribution is -0.157. The summed E-state index contributed by atoms with van der Waals surface area (Å²) in [6.45, 7) is 2.66. The molecule has 1 unspecified atom stereocenters. The molecule has 1 aliphatic heterocycles. The summed E-state index contributed by atoms with van der Waals surface area (Å²) in [5.74, 6) is -0.325. The van der Waals surface area contributed by atoms with Crippen LogP contribution in [-0.4, -0.2) is 18.9 Å². The van der Waals surface area contributed by atoms with Gasteiger partial charge in [0.25, 0.3) is 0 Å². The number of ether oxygens (including phenoxy) is 2. The van der Waals surface area contributed by atoms with E-state index < -0.39 is 6.29 Å². The predicted molar refractivity (Wildman–Crippen MR) is 49.0 cm³/mol.